The van der Waals surface area contributed by atoms with Gasteiger partial charge in [0, 0.05) is 30.5 Å². The molecule has 2 atom stereocenters. The third kappa shape index (κ3) is 2.90. The lowest BCUT2D eigenvalue weighted by molar-refractivity contribution is -0.141. The standard InChI is InChI=1S/C15H16FNO3S/c1-9-8-17(4-5-21-9)14(18)13-6-10-2-3-11(16)7-12(10)15(19)20-13/h2-3,7,9,13H,4-6,8H2,1H3. The Morgan fingerprint density at radius 3 is 3.05 bits per heavy atom. The minimum Gasteiger partial charge on any atom is -0.448 e. The third-order valence-electron chi connectivity index (χ3n) is 3.77. The highest BCUT2D eigenvalue weighted by atomic mass is 32.2. The quantitative estimate of drug-likeness (QED) is 0.743. The van der Waals surface area contributed by atoms with E-state index >= 15 is 0 Å². The number of carbonyl (C=O) groups excluding carboxylic acids is 2. The summed E-state index contributed by atoms with van der Waals surface area (Å²) in [6.45, 7) is 3.43. The molecule has 0 spiro atoms. The number of hydrogen-bond donors (Lipinski definition) is 0. The van der Waals surface area contributed by atoms with E-state index < -0.39 is 17.9 Å². The predicted molar refractivity (Wildman–Crippen MR) is 77.8 cm³/mol. The number of rotatable bonds is 1. The van der Waals surface area contributed by atoms with Crippen molar-refractivity contribution in [2.75, 3.05) is 18.8 Å². The van der Waals surface area contributed by atoms with Crippen molar-refractivity contribution < 1.29 is 18.7 Å². The van der Waals surface area contributed by atoms with Gasteiger partial charge in [-0.2, -0.15) is 11.8 Å². The Morgan fingerprint density at radius 1 is 1.48 bits per heavy atom. The Balaban J connectivity index is 1.77. The fourth-order valence-electron chi connectivity index (χ4n) is 2.71. The molecule has 1 aromatic rings. The van der Waals surface area contributed by atoms with E-state index in [4.69, 9.17) is 4.74 Å². The van der Waals surface area contributed by atoms with Crippen LogP contribution in [0.3, 0.4) is 0 Å². The van der Waals surface area contributed by atoms with Crippen LogP contribution in [0.1, 0.15) is 22.8 Å². The molecule has 6 heteroatoms. The number of cyclic esters (lactones) is 1. The van der Waals surface area contributed by atoms with Crippen molar-refractivity contribution >= 4 is 23.6 Å². The molecule has 0 radical (unpaired) electrons. The molecule has 1 saturated heterocycles. The SMILES string of the molecule is CC1CN(C(=O)C2Cc3ccc(F)cc3C(=O)O2)CCS1. The van der Waals surface area contributed by atoms with Gasteiger partial charge >= 0.3 is 5.97 Å². The second-order valence-electron chi connectivity index (χ2n) is 5.37. The van der Waals surface area contributed by atoms with Crippen LogP contribution in [0, 0.1) is 5.82 Å². The van der Waals surface area contributed by atoms with E-state index in [1.807, 2.05) is 11.8 Å². The fraction of sp³-hybridized carbons (Fsp3) is 0.467. The summed E-state index contributed by atoms with van der Waals surface area (Å²) in [6, 6.07) is 4.02. The van der Waals surface area contributed by atoms with Gasteiger partial charge in [-0.3, -0.25) is 4.79 Å². The molecule has 21 heavy (non-hydrogen) atoms. The lowest BCUT2D eigenvalue weighted by Gasteiger charge is -2.34. The number of ether oxygens (including phenoxy) is 1. The predicted octanol–water partition coefficient (Wildman–Crippen LogP) is 1.87. The van der Waals surface area contributed by atoms with E-state index in [0.717, 1.165) is 11.8 Å². The van der Waals surface area contributed by atoms with Gasteiger partial charge in [-0.1, -0.05) is 13.0 Å². The van der Waals surface area contributed by atoms with E-state index in [-0.39, 0.29) is 11.5 Å². The molecular weight excluding hydrogens is 293 g/mol. The van der Waals surface area contributed by atoms with Crippen molar-refractivity contribution in [1.82, 2.24) is 4.90 Å². The van der Waals surface area contributed by atoms with Crippen LogP contribution in [0.2, 0.25) is 0 Å². The summed E-state index contributed by atoms with van der Waals surface area (Å²) in [6.07, 6.45) is -0.469. The molecule has 1 fully saturated rings. The van der Waals surface area contributed by atoms with E-state index in [1.54, 1.807) is 11.0 Å². The minimum atomic E-state index is -0.786. The Morgan fingerprint density at radius 2 is 2.29 bits per heavy atom. The maximum atomic E-state index is 13.2. The first-order valence-electron chi connectivity index (χ1n) is 6.94. The molecule has 0 aromatic heterocycles. The maximum absolute atomic E-state index is 13.2. The van der Waals surface area contributed by atoms with Crippen molar-refractivity contribution in [3.63, 3.8) is 0 Å². The summed E-state index contributed by atoms with van der Waals surface area (Å²) in [7, 11) is 0. The van der Waals surface area contributed by atoms with Crippen LogP contribution in [0.5, 0.6) is 0 Å². The average Bonchev–Trinajstić information content (AvgIpc) is 2.47. The monoisotopic (exact) mass is 309 g/mol. The zero-order valence-electron chi connectivity index (χ0n) is 11.7. The number of hydrogen-bond acceptors (Lipinski definition) is 4. The van der Waals surface area contributed by atoms with Gasteiger partial charge in [-0.25, -0.2) is 9.18 Å². The Kier molecular flexibility index (Phi) is 3.89. The van der Waals surface area contributed by atoms with Gasteiger partial charge in [0.05, 0.1) is 5.56 Å². The second-order valence-corrected chi connectivity index (χ2v) is 6.91. The molecule has 0 saturated carbocycles. The Bertz CT molecular complexity index is 592. The van der Waals surface area contributed by atoms with Crippen molar-refractivity contribution in [2.45, 2.75) is 24.7 Å². The average molecular weight is 309 g/mol. The van der Waals surface area contributed by atoms with Crippen LogP contribution >= 0.6 is 11.8 Å². The number of thioether (sulfide) groups is 1. The van der Waals surface area contributed by atoms with Gasteiger partial charge in [0.2, 0.25) is 0 Å². The highest BCUT2D eigenvalue weighted by Gasteiger charge is 2.35. The van der Waals surface area contributed by atoms with Gasteiger partial charge in [0.25, 0.3) is 5.91 Å². The van der Waals surface area contributed by atoms with Crippen LogP contribution in [-0.2, 0) is 16.0 Å². The Hall–Kier alpha value is -1.56. The molecule has 0 aliphatic carbocycles. The van der Waals surface area contributed by atoms with Crippen molar-refractivity contribution in [2.24, 2.45) is 0 Å². The maximum Gasteiger partial charge on any atom is 0.339 e. The first-order valence-corrected chi connectivity index (χ1v) is 7.99. The number of esters is 1. The summed E-state index contributed by atoms with van der Waals surface area (Å²) in [4.78, 5) is 26.2. The number of amides is 1. The number of fused-ring (bicyclic) bond motifs is 1. The zero-order chi connectivity index (χ0) is 15.0. The van der Waals surface area contributed by atoms with E-state index in [1.165, 1.54) is 6.07 Å². The van der Waals surface area contributed by atoms with Crippen molar-refractivity contribution in [3.05, 3.63) is 35.1 Å². The molecular formula is C15H16FNO3S. The minimum absolute atomic E-state index is 0.148. The molecule has 4 nitrogen and oxygen atoms in total. The second kappa shape index (κ2) is 5.67. The summed E-state index contributed by atoms with van der Waals surface area (Å²) in [5.41, 5.74) is 0.895. The smallest absolute Gasteiger partial charge is 0.339 e. The summed E-state index contributed by atoms with van der Waals surface area (Å²) >= 11 is 1.83. The van der Waals surface area contributed by atoms with Crippen LogP contribution in [0.25, 0.3) is 0 Å². The van der Waals surface area contributed by atoms with Gasteiger partial charge in [-0.15, -0.1) is 0 Å². The van der Waals surface area contributed by atoms with Crippen molar-refractivity contribution in [1.29, 1.82) is 0 Å². The van der Waals surface area contributed by atoms with E-state index in [2.05, 4.69) is 6.92 Å². The molecule has 2 aliphatic heterocycles. The van der Waals surface area contributed by atoms with Gasteiger partial charge in [-0.05, 0) is 17.7 Å². The summed E-state index contributed by atoms with van der Waals surface area (Å²) in [5, 5.41) is 0.392. The zero-order valence-corrected chi connectivity index (χ0v) is 12.5. The molecule has 112 valence electrons. The highest BCUT2D eigenvalue weighted by molar-refractivity contribution is 7.99. The van der Waals surface area contributed by atoms with Crippen LogP contribution in [0.4, 0.5) is 4.39 Å². The Labute approximate surface area is 126 Å². The van der Waals surface area contributed by atoms with Gasteiger partial charge < -0.3 is 9.64 Å². The molecule has 0 N–H and O–H groups in total. The summed E-state index contributed by atoms with van der Waals surface area (Å²) < 4.78 is 18.4. The molecule has 3 rings (SSSR count). The molecule has 2 unspecified atom stereocenters. The van der Waals surface area contributed by atoms with Crippen LogP contribution in [0.15, 0.2) is 18.2 Å². The lowest BCUT2D eigenvalue weighted by atomic mass is 9.97. The topological polar surface area (TPSA) is 46.6 Å². The largest absolute Gasteiger partial charge is 0.448 e. The van der Waals surface area contributed by atoms with Gasteiger partial charge in [0.15, 0.2) is 6.10 Å². The van der Waals surface area contributed by atoms with Crippen molar-refractivity contribution in [3.8, 4) is 0 Å². The normalized spacial score (nSPS) is 25.2. The lowest BCUT2D eigenvalue weighted by Crippen LogP contribution is -2.49. The molecule has 1 aromatic carbocycles. The van der Waals surface area contributed by atoms with Crippen LogP contribution < -0.4 is 0 Å². The van der Waals surface area contributed by atoms with Gasteiger partial charge in [0.1, 0.15) is 5.82 Å². The molecule has 1 amide bonds. The molecule has 0 bridgehead atoms. The van der Waals surface area contributed by atoms with E-state index in [0.29, 0.717) is 30.3 Å². The van der Waals surface area contributed by atoms with Crippen LogP contribution in [-0.4, -0.2) is 47.0 Å². The third-order valence-corrected chi connectivity index (χ3v) is 4.91. The number of carbonyl (C=O) groups is 2. The van der Waals surface area contributed by atoms with E-state index in [9.17, 15) is 14.0 Å². The first-order chi connectivity index (χ1) is 10.0. The molecule has 2 aliphatic rings. The number of benzene rings is 1. The number of nitrogens with zero attached hydrogens (tertiary/aromatic N) is 1. The molecule has 2 heterocycles. The number of halogens is 1. The highest BCUT2D eigenvalue weighted by Crippen LogP contribution is 2.25. The fourth-order valence-corrected chi connectivity index (χ4v) is 3.72. The first kappa shape index (κ1) is 14.4. The summed E-state index contributed by atoms with van der Waals surface area (Å²) in [5.74, 6) is -0.341.